The summed E-state index contributed by atoms with van der Waals surface area (Å²) in [4.78, 5) is 0. The summed E-state index contributed by atoms with van der Waals surface area (Å²) in [7, 11) is 0. The maximum absolute atomic E-state index is 2.48. The SMILES string of the molecule is c1ccc(-c2ccc(-n3c4ccccc4c4cccc(-c5ccccc5-n5c6ccccc6c6ccccc65)c43)cc2-c2ccccc2)cc1. The Labute approximate surface area is 290 Å². The molecule has 0 fully saturated rings. The first-order valence-corrected chi connectivity index (χ1v) is 17.2. The smallest absolute Gasteiger partial charge is 0.0620 e. The lowest BCUT2D eigenvalue weighted by molar-refractivity contribution is 1.17. The highest BCUT2D eigenvalue weighted by molar-refractivity contribution is 6.15. The Morgan fingerprint density at radius 3 is 1.42 bits per heavy atom. The van der Waals surface area contributed by atoms with E-state index in [1.807, 2.05) is 0 Å². The van der Waals surface area contributed by atoms with E-state index in [9.17, 15) is 0 Å². The molecule has 0 unspecified atom stereocenters. The van der Waals surface area contributed by atoms with Gasteiger partial charge in [0.25, 0.3) is 0 Å². The second kappa shape index (κ2) is 11.5. The maximum Gasteiger partial charge on any atom is 0.0620 e. The van der Waals surface area contributed by atoms with E-state index >= 15 is 0 Å². The number of rotatable bonds is 5. The number of benzene rings is 8. The van der Waals surface area contributed by atoms with Gasteiger partial charge in [-0.1, -0.05) is 158 Å². The van der Waals surface area contributed by atoms with E-state index in [0.29, 0.717) is 0 Å². The molecule has 8 aromatic carbocycles. The van der Waals surface area contributed by atoms with E-state index < -0.39 is 0 Å². The monoisotopic (exact) mass is 636 g/mol. The van der Waals surface area contributed by atoms with Gasteiger partial charge in [-0.2, -0.15) is 0 Å². The van der Waals surface area contributed by atoms with Crippen molar-refractivity contribution in [3.05, 3.63) is 194 Å². The van der Waals surface area contributed by atoms with Crippen molar-refractivity contribution in [3.63, 3.8) is 0 Å². The lowest BCUT2D eigenvalue weighted by Crippen LogP contribution is -2.00. The summed E-state index contributed by atoms with van der Waals surface area (Å²) in [6, 6.07) is 70.4. The van der Waals surface area contributed by atoms with Crippen LogP contribution >= 0.6 is 0 Å². The zero-order valence-corrected chi connectivity index (χ0v) is 27.4. The van der Waals surface area contributed by atoms with E-state index in [1.165, 1.54) is 82.7 Å². The van der Waals surface area contributed by atoms with Crippen molar-refractivity contribution >= 4 is 43.6 Å². The average molecular weight is 637 g/mol. The predicted molar refractivity (Wildman–Crippen MR) is 211 cm³/mol. The lowest BCUT2D eigenvalue weighted by Gasteiger charge is -2.18. The molecule has 234 valence electrons. The van der Waals surface area contributed by atoms with Gasteiger partial charge in [0.15, 0.2) is 0 Å². The van der Waals surface area contributed by atoms with E-state index in [4.69, 9.17) is 0 Å². The molecule has 0 radical (unpaired) electrons. The van der Waals surface area contributed by atoms with Crippen LogP contribution in [0.1, 0.15) is 0 Å². The normalized spacial score (nSPS) is 11.6. The molecular formula is C48H32N2. The Balaban J connectivity index is 1.28. The largest absolute Gasteiger partial charge is 0.309 e. The summed E-state index contributed by atoms with van der Waals surface area (Å²) in [6.45, 7) is 0. The molecule has 50 heavy (non-hydrogen) atoms. The summed E-state index contributed by atoms with van der Waals surface area (Å²) in [5.74, 6) is 0. The molecule has 10 aromatic rings. The van der Waals surface area contributed by atoms with Crippen LogP contribution in [0.5, 0.6) is 0 Å². The molecule has 2 heterocycles. The Hall–Kier alpha value is -6.64. The van der Waals surface area contributed by atoms with E-state index in [2.05, 4.69) is 203 Å². The molecule has 0 aliphatic carbocycles. The third-order valence-corrected chi connectivity index (χ3v) is 10.1. The minimum atomic E-state index is 1.14. The standard InChI is InChI=1S/C48H32N2/c1-3-16-33(17-4-1)36-31-30-35(32-43(36)34-18-5-2-6-19-34)49-44-26-11-9-22-39(44)41-24-15-25-42(48(41)49)40-23-10-14-29-47(40)50-45-27-12-7-20-37(45)38-21-8-13-28-46(38)50/h1-32H. The van der Waals surface area contributed by atoms with Gasteiger partial charge in [-0.3, -0.25) is 0 Å². The predicted octanol–water partition coefficient (Wildman–Crippen LogP) is 12.9. The summed E-state index contributed by atoms with van der Waals surface area (Å²) < 4.78 is 4.91. The van der Waals surface area contributed by atoms with Gasteiger partial charge in [0.05, 0.1) is 27.8 Å². The first-order chi connectivity index (χ1) is 24.8. The fraction of sp³-hybridized carbons (Fsp3) is 0. The van der Waals surface area contributed by atoms with E-state index in [1.54, 1.807) is 0 Å². The minimum Gasteiger partial charge on any atom is -0.309 e. The number of fused-ring (bicyclic) bond motifs is 6. The van der Waals surface area contributed by atoms with Crippen LogP contribution in [-0.2, 0) is 0 Å². The molecule has 0 saturated carbocycles. The third kappa shape index (κ3) is 4.36. The summed E-state index contributed by atoms with van der Waals surface area (Å²) >= 11 is 0. The van der Waals surface area contributed by atoms with E-state index in [-0.39, 0.29) is 0 Å². The van der Waals surface area contributed by atoms with Crippen LogP contribution in [0.25, 0.3) is 88.4 Å². The van der Waals surface area contributed by atoms with Crippen LogP contribution in [0.3, 0.4) is 0 Å². The topological polar surface area (TPSA) is 9.86 Å². The van der Waals surface area contributed by atoms with Crippen molar-refractivity contribution in [2.45, 2.75) is 0 Å². The Morgan fingerprint density at radius 2 is 0.760 bits per heavy atom. The fourth-order valence-electron chi connectivity index (χ4n) is 7.98. The molecule has 0 bridgehead atoms. The highest BCUT2D eigenvalue weighted by atomic mass is 15.0. The number of para-hydroxylation sites is 5. The summed E-state index contributed by atoms with van der Waals surface area (Å²) in [6.07, 6.45) is 0. The van der Waals surface area contributed by atoms with Gasteiger partial charge in [-0.25, -0.2) is 0 Å². The van der Waals surface area contributed by atoms with Crippen LogP contribution in [0, 0.1) is 0 Å². The maximum atomic E-state index is 2.48. The zero-order chi connectivity index (χ0) is 33.0. The molecule has 0 aliphatic rings. The van der Waals surface area contributed by atoms with Gasteiger partial charge in [0.2, 0.25) is 0 Å². The van der Waals surface area contributed by atoms with Gasteiger partial charge in [-0.05, 0) is 58.7 Å². The Bertz CT molecular complexity index is 2800. The second-order valence-corrected chi connectivity index (χ2v) is 12.9. The first kappa shape index (κ1) is 28.4. The number of hydrogen-bond acceptors (Lipinski definition) is 0. The van der Waals surface area contributed by atoms with Crippen molar-refractivity contribution in [3.8, 4) is 44.8 Å². The molecule has 0 atom stereocenters. The molecule has 0 saturated heterocycles. The molecule has 0 spiro atoms. The van der Waals surface area contributed by atoms with Crippen LogP contribution in [-0.4, -0.2) is 9.13 Å². The molecule has 0 N–H and O–H groups in total. The van der Waals surface area contributed by atoms with Crippen LogP contribution < -0.4 is 0 Å². The van der Waals surface area contributed by atoms with Gasteiger partial charge in [-0.15, -0.1) is 0 Å². The quantitative estimate of drug-likeness (QED) is 0.178. The number of aromatic nitrogens is 2. The third-order valence-electron chi connectivity index (χ3n) is 10.1. The van der Waals surface area contributed by atoms with Crippen LogP contribution in [0.4, 0.5) is 0 Å². The van der Waals surface area contributed by atoms with Gasteiger partial charge in [0.1, 0.15) is 0 Å². The molecule has 0 amide bonds. The minimum absolute atomic E-state index is 1.14. The second-order valence-electron chi connectivity index (χ2n) is 12.9. The molecular weight excluding hydrogens is 605 g/mol. The number of nitrogens with zero attached hydrogens (tertiary/aromatic N) is 2. The summed E-state index contributed by atoms with van der Waals surface area (Å²) in [5.41, 5.74) is 14.3. The number of hydrogen-bond donors (Lipinski definition) is 0. The molecule has 2 nitrogen and oxygen atoms in total. The molecule has 10 rings (SSSR count). The summed E-state index contributed by atoms with van der Waals surface area (Å²) in [5, 5.41) is 5.00. The van der Waals surface area contributed by atoms with Crippen molar-refractivity contribution < 1.29 is 0 Å². The van der Waals surface area contributed by atoms with Crippen LogP contribution in [0.15, 0.2) is 194 Å². The van der Waals surface area contributed by atoms with Crippen molar-refractivity contribution in [1.29, 1.82) is 0 Å². The molecule has 0 aliphatic heterocycles. The zero-order valence-electron chi connectivity index (χ0n) is 27.4. The van der Waals surface area contributed by atoms with Crippen molar-refractivity contribution in [2.75, 3.05) is 0 Å². The fourth-order valence-corrected chi connectivity index (χ4v) is 7.98. The highest BCUT2D eigenvalue weighted by Gasteiger charge is 2.21. The lowest BCUT2D eigenvalue weighted by atomic mass is 9.94. The highest BCUT2D eigenvalue weighted by Crippen LogP contribution is 2.43. The molecule has 2 heteroatoms. The molecule has 2 aromatic heterocycles. The van der Waals surface area contributed by atoms with Gasteiger partial charge in [0, 0.05) is 38.4 Å². The van der Waals surface area contributed by atoms with Gasteiger partial charge < -0.3 is 9.13 Å². The Morgan fingerprint density at radius 1 is 0.280 bits per heavy atom. The average Bonchev–Trinajstić information content (AvgIpc) is 3.72. The van der Waals surface area contributed by atoms with Crippen molar-refractivity contribution in [2.24, 2.45) is 0 Å². The first-order valence-electron chi connectivity index (χ1n) is 17.2. The van der Waals surface area contributed by atoms with Crippen LogP contribution in [0.2, 0.25) is 0 Å². The van der Waals surface area contributed by atoms with Crippen molar-refractivity contribution in [1.82, 2.24) is 9.13 Å². The van der Waals surface area contributed by atoms with Gasteiger partial charge >= 0.3 is 0 Å². The Kier molecular flexibility index (Phi) is 6.53. The van der Waals surface area contributed by atoms with E-state index in [0.717, 1.165) is 5.69 Å².